The second kappa shape index (κ2) is 27.6. The molecular formula is C42H77N2S2+. The van der Waals surface area contributed by atoms with Crippen LogP contribution in [0.1, 0.15) is 200 Å². The quantitative estimate of drug-likeness (QED) is 0.0593. The number of fused-ring (bicyclic) bond motifs is 2. The molecule has 2 aliphatic rings. The molecule has 0 bridgehead atoms. The summed E-state index contributed by atoms with van der Waals surface area (Å²) in [6, 6.07) is 2.43. The van der Waals surface area contributed by atoms with Crippen LogP contribution < -0.4 is 4.57 Å². The third-order valence-electron chi connectivity index (χ3n) is 10.7. The summed E-state index contributed by atoms with van der Waals surface area (Å²) in [5.41, 5.74) is 0. The molecule has 46 heavy (non-hydrogen) atoms. The molecule has 266 valence electrons. The average molecular weight is 674 g/mol. The first-order chi connectivity index (χ1) is 22.8. The molecule has 2 atom stereocenters. The van der Waals surface area contributed by atoms with Crippen LogP contribution in [0.3, 0.4) is 0 Å². The Hall–Kier alpha value is -0.190. The fourth-order valence-electron chi connectivity index (χ4n) is 7.58. The predicted molar refractivity (Wildman–Crippen MR) is 208 cm³/mol. The number of thioether (sulfide) groups is 2. The van der Waals surface area contributed by atoms with Crippen molar-refractivity contribution >= 4 is 23.5 Å². The van der Waals surface area contributed by atoms with Crippen LogP contribution in [0, 0.1) is 0 Å². The lowest BCUT2D eigenvalue weighted by Gasteiger charge is -2.40. The van der Waals surface area contributed by atoms with Crippen LogP contribution in [-0.2, 0) is 6.54 Å². The van der Waals surface area contributed by atoms with E-state index in [2.05, 4.69) is 65.3 Å². The number of likely N-dealkylation sites (tertiary alicyclic amines) is 1. The molecule has 1 aromatic heterocycles. The number of nitrogens with zero attached hydrogens (tertiary/aromatic N) is 2. The Balaban J connectivity index is 1.15. The van der Waals surface area contributed by atoms with E-state index < -0.39 is 0 Å². The van der Waals surface area contributed by atoms with Gasteiger partial charge in [0, 0.05) is 34.4 Å². The standard InChI is InChI=1S/C42H77N2S2/c1-3-5-7-9-11-13-15-17-19-21-23-25-27-29-33-43-35-31-39-41(37-43)45-40-32-36-44(38-42(40)46-39)34-30-28-26-24-22-20-18-16-14-12-10-8-6-4-2/h31,35,37,40,42H,3-30,32-34,36,38H2,1-2H3/q+1. The minimum Gasteiger partial charge on any atom is -0.302 e. The van der Waals surface area contributed by atoms with Gasteiger partial charge in [-0.05, 0) is 32.4 Å². The number of rotatable bonds is 30. The van der Waals surface area contributed by atoms with Crippen molar-refractivity contribution in [3.63, 3.8) is 0 Å². The molecule has 1 saturated heterocycles. The minimum atomic E-state index is 0.777. The summed E-state index contributed by atoms with van der Waals surface area (Å²) >= 11 is 4.39. The summed E-state index contributed by atoms with van der Waals surface area (Å²) in [6.45, 7) is 9.75. The molecule has 0 amide bonds. The average Bonchev–Trinajstić information content (AvgIpc) is 3.07. The number of unbranched alkanes of at least 4 members (excludes halogenated alkanes) is 26. The van der Waals surface area contributed by atoms with E-state index in [0.717, 1.165) is 10.5 Å². The minimum absolute atomic E-state index is 0.777. The summed E-state index contributed by atoms with van der Waals surface area (Å²) in [5.74, 6) is 0. The molecule has 0 N–H and O–H groups in total. The normalized spacial score (nSPS) is 18.1. The summed E-state index contributed by atoms with van der Waals surface area (Å²) < 4.78 is 2.48. The van der Waals surface area contributed by atoms with Crippen LogP contribution >= 0.6 is 23.5 Å². The SMILES string of the molecule is CCCCCCCCCCCCCCCCN1CCC2Sc3c[n+](CCCCCCCCCCCCCCCC)ccc3SC2C1. The van der Waals surface area contributed by atoms with Crippen LogP contribution in [0.5, 0.6) is 0 Å². The van der Waals surface area contributed by atoms with Gasteiger partial charge in [0.2, 0.25) is 0 Å². The molecule has 4 heteroatoms. The number of pyridine rings is 1. The van der Waals surface area contributed by atoms with E-state index in [1.165, 1.54) is 212 Å². The van der Waals surface area contributed by atoms with E-state index >= 15 is 0 Å². The van der Waals surface area contributed by atoms with Gasteiger partial charge in [0.1, 0.15) is 6.54 Å². The Morgan fingerprint density at radius 1 is 0.543 bits per heavy atom. The zero-order valence-electron chi connectivity index (χ0n) is 30.9. The lowest BCUT2D eigenvalue weighted by Crippen LogP contribution is -2.45. The van der Waals surface area contributed by atoms with E-state index in [4.69, 9.17) is 0 Å². The van der Waals surface area contributed by atoms with Gasteiger partial charge in [0.05, 0.1) is 4.90 Å². The summed E-state index contributed by atoms with van der Waals surface area (Å²) in [5, 5.41) is 1.58. The van der Waals surface area contributed by atoms with Crippen LogP contribution in [0.25, 0.3) is 0 Å². The second-order valence-corrected chi connectivity index (χ2v) is 17.6. The van der Waals surface area contributed by atoms with Crippen molar-refractivity contribution in [2.24, 2.45) is 0 Å². The third kappa shape index (κ3) is 18.5. The highest BCUT2D eigenvalue weighted by molar-refractivity contribution is 8.06. The molecule has 0 spiro atoms. The molecule has 0 radical (unpaired) electrons. The lowest BCUT2D eigenvalue weighted by atomic mass is 10.0. The van der Waals surface area contributed by atoms with Crippen LogP contribution in [0.2, 0.25) is 0 Å². The first-order valence-electron chi connectivity index (χ1n) is 20.9. The first kappa shape index (κ1) is 40.2. The van der Waals surface area contributed by atoms with Crippen LogP contribution in [0.15, 0.2) is 28.3 Å². The summed E-state index contributed by atoms with van der Waals surface area (Å²) in [6.07, 6.45) is 46.6. The van der Waals surface area contributed by atoms with E-state index in [0.29, 0.717) is 0 Å². The molecule has 0 saturated carbocycles. The van der Waals surface area contributed by atoms with Crippen molar-refractivity contribution in [1.82, 2.24) is 4.90 Å². The maximum atomic E-state index is 2.79. The topological polar surface area (TPSA) is 7.12 Å². The van der Waals surface area contributed by atoms with Crippen molar-refractivity contribution in [2.75, 3.05) is 19.6 Å². The Morgan fingerprint density at radius 3 is 1.48 bits per heavy atom. The van der Waals surface area contributed by atoms with E-state index in [1.54, 1.807) is 9.79 Å². The molecule has 3 rings (SSSR count). The zero-order valence-corrected chi connectivity index (χ0v) is 32.6. The Bertz CT molecular complexity index is 845. The van der Waals surface area contributed by atoms with Gasteiger partial charge in [-0.1, -0.05) is 174 Å². The number of aryl methyl sites for hydroxylation is 1. The van der Waals surface area contributed by atoms with Gasteiger partial charge in [-0.3, -0.25) is 0 Å². The van der Waals surface area contributed by atoms with E-state index in [1.807, 2.05) is 0 Å². The largest absolute Gasteiger partial charge is 0.302 e. The molecule has 2 nitrogen and oxygen atoms in total. The molecule has 0 aromatic carbocycles. The molecule has 1 fully saturated rings. The molecule has 1 aromatic rings. The van der Waals surface area contributed by atoms with Crippen LogP contribution in [0.4, 0.5) is 0 Å². The number of piperidine rings is 1. The zero-order chi connectivity index (χ0) is 32.3. The van der Waals surface area contributed by atoms with Gasteiger partial charge in [0.15, 0.2) is 12.4 Å². The lowest BCUT2D eigenvalue weighted by molar-refractivity contribution is -0.699. The monoisotopic (exact) mass is 674 g/mol. The summed E-state index contributed by atoms with van der Waals surface area (Å²) in [7, 11) is 0. The van der Waals surface area contributed by atoms with Gasteiger partial charge >= 0.3 is 0 Å². The van der Waals surface area contributed by atoms with Gasteiger partial charge in [-0.2, -0.15) is 0 Å². The smallest absolute Gasteiger partial charge is 0.183 e. The van der Waals surface area contributed by atoms with Crippen molar-refractivity contribution in [2.45, 2.75) is 227 Å². The van der Waals surface area contributed by atoms with Crippen molar-refractivity contribution in [3.05, 3.63) is 18.5 Å². The van der Waals surface area contributed by atoms with E-state index in [-0.39, 0.29) is 0 Å². The fourth-order valence-corrected chi connectivity index (χ4v) is 10.6. The Labute approximate surface area is 296 Å². The summed E-state index contributed by atoms with van der Waals surface area (Å²) in [4.78, 5) is 5.89. The molecule has 2 aliphatic heterocycles. The molecule has 0 aliphatic carbocycles. The van der Waals surface area contributed by atoms with Crippen LogP contribution in [-0.4, -0.2) is 35.0 Å². The highest BCUT2D eigenvalue weighted by Gasteiger charge is 2.35. The molecule has 2 unspecified atom stereocenters. The maximum Gasteiger partial charge on any atom is 0.183 e. The van der Waals surface area contributed by atoms with Crippen molar-refractivity contribution in [3.8, 4) is 0 Å². The van der Waals surface area contributed by atoms with Gasteiger partial charge < -0.3 is 4.90 Å². The van der Waals surface area contributed by atoms with Gasteiger partial charge in [-0.15, -0.1) is 23.5 Å². The van der Waals surface area contributed by atoms with Crippen molar-refractivity contribution < 1.29 is 4.57 Å². The fraction of sp³-hybridized carbons (Fsp3) is 0.881. The molecule has 3 heterocycles. The van der Waals surface area contributed by atoms with Crippen molar-refractivity contribution in [1.29, 1.82) is 0 Å². The second-order valence-electron chi connectivity index (χ2n) is 15.0. The van der Waals surface area contributed by atoms with E-state index in [9.17, 15) is 0 Å². The number of hydrogen-bond donors (Lipinski definition) is 0. The molecular weight excluding hydrogens is 597 g/mol. The maximum absolute atomic E-state index is 2.79. The first-order valence-corrected chi connectivity index (χ1v) is 22.6. The third-order valence-corrected chi connectivity index (χ3v) is 13.8. The Morgan fingerprint density at radius 2 is 0.978 bits per heavy atom. The highest BCUT2D eigenvalue weighted by Crippen LogP contribution is 2.47. The highest BCUT2D eigenvalue weighted by atomic mass is 32.2. The Kier molecular flexibility index (Phi) is 24.2. The number of hydrogen-bond acceptors (Lipinski definition) is 3. The predicted octanol–water partition coefficient (Wildman–Crippen LogP) is 13.6. The van der Waals surface area contributed by atoms with Gasteiger partial charge in [-0.25, -0.2) is 4.57 Å². The van der Waals surface area contributed by atoms with Gasteiger partial charge in [0.25, 0.3) is 0 Å². The number of aromatic nitrogens is 1.